The summed E-state index contributed by atoms with van der Waals surface area (Å²) >= 11 is 11.3. The van der Waals surface area contributed by atoms with Crippen LogP contribution in [0.1, 0.15) is 10.5 Å². The van der Waals surface area contributed by atoms with Crippen LogP contribution in [0.15, 0.2) is 12.1 Å². The molecule has 8 heteroatoms. The van der Waals surface area contributed by atoms with Crippen LogP contribution >= 0.6 is 23.2 Å². The van der Waals surface area contributed by atoms with Crippen molar-refractivity contribution in [1.82, 2.24) is 10.3 Å². The second-order valence-corrected chi connectivity index (χ2v) is 3.81. The molecule has 17 heavy (non-hydrogen) atoms. The average molecular weight is 279 g/mol. The largest absolute Gasteiger partial charge is 0.480 e. The molecule has 0 fully saturated rings. The molecule has 0 saturated heterocycles. The standard InChI is InChI=1S/C9H8Cl2N2O4/c10-4-1-2-6(11)13-7(4)8(15)12-5(3-14)9(16)17/h1-2,5,14H,3H2,(H,12,15)(H,16,17). The number of aliphatic hydroxyl groups excluding tert-OH is 1. The Balaban J connectivity index is 2.89. The van der Waals surface area contributed by atoms with Crippen LogP contribution < -0.4 is 5.32 Å². The molecule has 92 valence electrons. The normalized spacial score (nSPS) is 11.9. The maximum atomic E-state index is 11.6. The maximum absolute atomic E-state index is 11.6. The topological polar surface area (TPSA) is 99.5 Å². The Labute approximate surface area is 106 Å². The summed E-state index contributed by atoms with van der Waals surface area (Å²) in [7, 11) is 0. The quantitative estimate of drug-likeness (QED) is 0.699. The lowest BCUT2D eigenvalue weighted by Crippen LogP contribution is -2.43. The highest BCUT2D eigenvalue weighted by atomic mass is 35.5. The number of nitrogens with one attached hydrogen (secondary N) is 1. The number of pyridine rings is 1. The van der Waals surface area contributed by atoms with Crippen LogP contribution in [0.25, 0.3) is 0 Å². The predicted molar refractivity (Wildman–Crippen MR) is 60.2 cm³/mol. The zero-order valence-electron chi connectivity index (χ0n) is 8.35. The van der Waals surface area contributed by atoms with Crippen molar-refractivity contribution in [3.05, 3.63) is 28.0 Å². The van der Waals surface area contributed by atoms with Gasteiger partial charge in [-0.2, -0.15) is 0 Å². The van der Waals surface area contributed by atoms with Crippen molar-refractivity contribution >= 4 is 35.1 Å². The van der Waals surface area contributed by atoms with E-state index in [2.05, 4.69) is 10.3 Å². The van der Waals surface area contributed by atoms with E-state index in [1.54, 1.807) is 0 Å². The average Bonchev–Trinajstić information content (AvgIpc) is 2.28. The second-order valence-electron chi connectivity index (χ2n) is 3.01. The monoisotopic (exact) mass is 278 g/mol. The molecule has 6 nitrogen and oxygen atoms in total. The molecule has 0 aliphatic rings. The number of rotatable bonds is 4. The van der Waals surface area contributed by atoms with Gasteiger partial charge in [-0.1, -0.05) is 23.2 Å². The van der Waals surface area contributed by atoms with Gasteiger partial charge in [0, 0.05) is 0 Å². The van der Waals surface area contributed by atoms with Gasteiger partial charge in [-0.25, -0.2) is 9.78 Å². The molecule has 0 saturated carbocycles. The van der Waals surface area contributed by atoms with E-state index in [9.17, 15) is 9.59 Å². The third-order valence-corrected chi connectivity index (χ3v) is 2.33. The van der Waals surface area contributed by atoms with Crippen LogP contribution in [0.3, 0.4) is 0 Å². The smallest absolute Gasteiger partial charge is 0.328 e. The Kier molecular flexibility index (Phi) is 4.68. The first-order chi connectivity index (χ1) is 7.95. The molecule has 1 aromatic rings. The second kappa shape index (κ2) is 5.81. The molecule has 1 rings (SSSR count). The van der Waals surface area contributed by atoms with Crippen molar-refractivity contribution in [2.24, 2.45) is 0 Å². The number of halogens is 2. The lowest BCUT2D eigenvalue weighted by Gasteiger charge is -2.11. The highest BCUT2D eigenvalue weighted by molar-refractivity contribution is 6.34. The lowest BCUT2D eigenvalue weighted by atomic mass is 10.2. The number of hydrogen-bond donors (Lipinski definition) is 3. The minimum atomic E-state index is -1.42. The number of carboxylic acid groups (broad SMARTS) is 1. The maximum Gasteiger partial charge on any atom is 0.328 e. The minimum Gasteiger partial charge on any atom is -0.480 e. The zero-order valence-corrected chi connectivity index (χ0v) is 9.87. The molecule has 0 spiro atoms. The molecule has 0 radical (unpaired) electrons. The van der Waals surface area contributed by atoms with Gasteiger partial charge in [-0.05, 0) is 12.1 Å². The third-order valence-electron chi connectivity index (χ3n) is 1.81. The molecule has 1 atom stereocenters. The SMILES string of the molecule is O=C(NC(CO)C(=O)O)c1nc(Cl)ccc1Cl. The first-order valence-corrected chi connectivity index (χ1v) is 5.18. The summed E-state index contributed by atoms with van der Waals surface area (Å²) in [5.41, 5.74) is -0.195. The van der Waals surface area contributed by atoms with Gasteiger partial charge in [0.15, 0.2) is 6.04 Å². The Morgan fingerprint density at radius 2 is 2.06 bits per heavy atom. The summed E-state index contributed by atoms with van der Waals surface area (Å²) in [5.74, 6) is -2.18. The van der Waals surface area contributed by atoms with Gasteiger partial charge in [0.2, 0.25) is 0 Å². The summed E-state index contributed by atoms with van der Waals surface area (Å²) in [4.78, 5) is 25.9. The van der Waals surface area contributed by atoms with Gasteiger partial charge in [-0.3, -0.25) is 4.79 Å². The van der Waals surface area contributed by atoms with E-state index in [1.165, 1.54) is 12.1 Å². The van der Waals surface area contributed by atoms with Crippen molar-refractivity contribution < 1.29 is 19.8 Å². The van der Waals surface area contributed by atoms with Crippen LogP contribution in [0.5, 0.6) is 0 Å². The molecule has 0 aromatic carbocycles. The highest BCUT2D eigenvalue weighted by Crippen LogP contribution is 2.16. The number of carbonyl (C=O) groups is 2. The van der Waals surface area contributed by atoms with E-state index < -0.39 is 24.5 Å². The fraction of sp³-hybridized carbons (Fsp3) is 0.222. The third kappa shape index (κ3) is 3.55. The van der Waals surface area contributed by atoms with Gasteiger partial charge in [-0.15, -0.1) is 0 Å². The van der Waals surface area contributed by atoms with Gasteiger partial charge >= 0.3 is 5.97 Å². The molecule has 0 bridgehead atoms. The van der Waals surface area contributed by atoms with Gasteiger partial charge in [0.25, 0.3) is 5.91 Å². The van der Waals surface area contributed by atoms with E-state index >= 15 is 0 Å². The van der Waals surface area contributed by atoms with E-state index in [-0.39, 0.29) is 15.9 Å². The highest BCUT2D eigenvalue weighted by Gasteiger charge is 2.21. The molecular weight excluding hydrogens is 271 g/mol. The number of aliphatic carboxylic acids is 1. The van der Waals surface area contributed by atoms with E-state index in [4.69, 9.17) is 33.4 Å². The van der Waals surface area contributed by atoms with Crippen LogP contribution in [0.2, 0.25) is 10.2 Å². The van der Waals surface area contributed by atoms with Crippen molar-refractivity contribution in [2.45, 2.75) is 6.04 Å². The van der Waals surface area contributed by atoms with Crippen LogP contribution in [-0.4, -0.2) is 39.7 Å². The van der Waals surface area contributed by atoms with Crippen molar-refractivity contribution in [3.8, 4) is 0 Å². The van der Waals surface area contributed by atoms with Gasteiger partial charge < -0.3 is 15.5 Å². The van der Waals surface area contributed by atoms with Gasteiger partial charge in [0.05, 0.1) is 11.6 Å². The first kappa shape index (κ1) is 13.7. The Morgan fingerprint density at radius 3 is 2.59 bits per heavy atom. The number of amides is 1. The summed E-state index contributed by atoms with van der Waals surface area (Å²) in [6, 6.07) is 1.33. The molecule has 1 unspecified atom stereocenters. The molecule has 1 amide bonds. The van der Waals surface area contributed by atoms with E-state index in [1.807, 2.05) is 0 Å². The summed E-state index contributed by atoms with van der Waals surface area (Å²) in [6.45, 7) is -0.737. The Morgan fingerprint density at radius 1 is 1.41 bits per heavy atom. The number of carboxylic acids is 1. The lowest BCUT2D eigenvalue weighted by molar-refractivity contribution is -0.140. The number of hydrogen-bond acceptors (Lipinski definition) is 4. The predicted octanol–water partition coefficient (Wildman–Crippen LogP) is 0.564. The zero-order chi connectivity index (χ0) is 13.0. The number of aliphatic hydroxyl groups is 1. The fourth-order valence-electron chi connectivity index (χ4n) is 0.990. The van der Waals surface area contributed by atoms with Crippen molar-refractivity contribution in [2.75, 3.05) is 6.61 Å². The summed E-state index contributed by atoms with van der Waals surface area (Å²) < 4.78 is 0. The fourth-order valence-corrected chi connectivity index (χ4v) is 1.33. The number of carbonyl (C=O) groups excluding carboxylic acids is 1. The van der Waals surface area contributed by atoms with E-state index in [0.29, 0.717) is 0 Å². The summed E-state index contributed by atoms with van der Waals surface area (Å²) in [5, 5.41) is 19.5. The van der Waals surface area contributed by atoms with Gasteiger partial charge in [0.1, 0.15) is 10.8 Å². The van der Waals surface area contributed by atoms with Crippen molar-refractivity contribution in [3.63, 3.8) is 0 Å². The summed E-state index contributed by atoms with van der Waals surface area (Å²) in [6.07, 6.45) is 0. The Hall–Kier alpha value is -1.37. The molecule has 3 N–H and O–H groups in total. The molecule has 1 heterocycles. The van der Waals surface area contributed by atoms with Crippen LogP contribution in [0, 0.1) is 0 Å². The van der Waals surface area contributed by atoms with Crippen LogP contribution in [0.4, 0.5) is 0 Å². The van der Waals surface area contributed by atoms with Crippen molar-refractivity contribution in [1.29, 1.82) is 0 Å². The molecular formula is C9H8Cl2N2O4. The molecule has 0 aliphatic carbocycles. The molecule has 1 aromatic heterocycles. The minimum absolute atomic E-state index is 0.0361. The Bertz CT molecular complexity index is 453. The number of nitrogens with zero attached hydrogens (tertiary/aromatic N) is 1. The number of aromatic nitrogens is 1. The van der Waals surface area contributed by atoms with Crippen LogP contribution in [-0.2, 0) is 4.79 Å². The van der Waals surface area contributed by atoms with E-state index in [0.717, 1.165) is 0 Å². The molecule has 0 aliphatic heterocycles. The first-order valence-electron chi connectivity index (χ1n) is 4.42.